The molecule has 1 fully saturated rings. The molecule has 5 heteroatoms. The summed E-state index contributed by atoms with van der Waals surface area (Å²) in [5.41, 5.74) is 6.57. The zero-order valence-corrected chi connectivity index (χ0v) is 16.2. The third-order valence-electron chi connectivity index (χ3n) is 6.22. The minimum atomic E-state index is -0.381. The summed E-state index contributed by atoms with van der Waals surface area (Å²) in [7, 11) is 0. The Morgan fingerprint density at radius 1 is 1.04 bits per heavy atom. The minimum Gasteiger partial charge on any atom is -0.357 e. The maximum Gasteiger partial charge on any atom is 0.251 e. The van der Waals surface area contributed by atoms with Gasteiger partial charge in [0.25, 0.3) is 5.91 Å². The molecule has 0 aliphatic carbocycles. The molecule has 1 N–H and O–H groups in total. The zero-order chi connectivity index (χ0) is 19.4. The maximum absolute atomic E-state index is 13.1. The molecular weight excluding hydrogens is 350 g/mol. The Morgan fingerprint density at radius 2 is 1.86 bits per heavy atom. The summed E-state index contributed by atoms with van der Waals surface area (Å²) in [5.74, 6) is -0.214. The molecule has 28 heavy (non-hydrogen) atoms. The van der Waals surface area contributed by atoms with Gasteiger partial charge in [0.1, 0.15) is 0 Å². The summed E-state index contributed by atoms with van der Waals surface area (Å²) < 4.78 is 0. The molecule has 1 atom stereocenters. The predicted octanol–water partition coefficient (Wildman–Crippen LogP) is 3.47. The van der Waals surface area contributed by atoms with Crippen LogP contribution in [-0.2, 0) is 22.6 Å². The van der Waals surface area contributed by atoms with Crippen LogP contribution in [0.2, 0.25) is 0 Å². The number of anilines is 1. The van der Waals surface area contributed by atoms with Crippen molar-refractivity contribution in [2.24, 2.45) is 0 Å². The molecule has 1 unspecified atom stereocenters. The summed E-state index contributed by atoms with van der Waals surface area (Å²) in [6.45, 7) is 5.50. The van der Waals surface area contributed by atoms with Crippen LogP contribution < -0.4 is 4.90 Å². The first-order chi connectivity index (χ1) is 13.5. The van der Waals surface area contributed by atoms with E-state index in [9.17, 15) is 9.59 Å². The van der Waals surface area contributed by atoms with Gasteiger partial charge in [0.2, 0.25) is 5.91 Å². The molecular formula is C23H23N3O2. The fraction of sp³-hybridized carbons (Fsp3) is 0.304. The molecule has 0 saturated carbocycles. The third-order valence-corrected chi connectivity index (χ3v) is 6.22. The lowest BCUT2D eigenvalue weighted by atomic mass is 10.0. The van der Waals surface area contributed by atoms with Gasteiger partial charge in [0, 0.05) is 29.7 Å². The lowest BCUT2D eigenvalue weighted by Gasteiger charge is -2.30. The standard InChI is InChI=1S/C23H23N3O2/c1-14-7-8-16(11-15(14)2)26-22(27)12-21(23(26)28)25-10-9-18-17-5-3-4-6-19(17)24-20(18)13-25/h3-8,11,21,24H,9-10,12-13H2,1-2H3. The Labute approximate surface area is 163 Å². The van der Waals surface area contributed by atoms with Crippen molar-refractivity contribution < 1.29 is 9.59 Å². The minimum absolute atomic E-state index is 0.104. The number of para-hydroxylation sites is 1. The molecule has 3 heterocycles. The highest BCUT2D eigenvalue weighted by molar-refractivity contribution is 6.22. The van der Waals surface area contributed by atoms with Gasteiger partial charge in [0.15, 0.2) is 0 Å². The van der Waals surface area contributed by atoms with Crippen molar-refractivity contribution in [1.82, 2.24) is 9.88 Å². The number of aromatic nitrogens is 1. The number of benzene rings is 2. The van der Waals surface area contributed by atoms with Gasteiger partial charge < -0.3 is 4.98 Å². The number of nitrogens with one attached hydrogen (secondary N) is 1. The van der Waals surface area contributed by atoms with Gasteiger partial charge in [-0.25, -0.2) is 4.90 Å². The number of imide groups is 1. The Hall–Kier alpha value is -2.92. The van der Waals surface area contributed by atoms with Gasteiger partial charge >= 0.3 is 0 Å². The van der Waals surface area contributed by atoms with Crippen molar-refractivity contribution in [3.8, 4) is 0 Å². The van der Waals surface area contributed by atoms with E-state index in [-0.39, 0.29) is 24.3 Å². The number of fused-ring (bicyclic) bond motifs is 3. The highest BCUT2D eigenvalue weighted by atomic mass is 16.2. The van der Waals surface area contributed by atoms with Crippen LogP contribution in [0.4, 0.5) is 5.69 Å². The molecule has 1 aromatic heterocycles. The second kappa shape index (κ2) is 6.31. The van der Waals surface area contributed by atoms with E-state index in [1.165, 1.54) is 15.8 Å². The third kappa shape index (κ3) is 2.58. The molecule has 0 radical (unpaired) electrons. The van der Waals surface area contributed by atoms with Crippen molar-refractivity contribution in [2.75, 3.05) is 11.4 Å². The van der Waals surface area contributed by atoms with Gasteiger partial charge in [-0.1, -0.05) is 24.3 Å². The normalized spacial score (nSPS) is 20.2. The number of carbonyl (C=O) groups is 2. The van der Waals surface area contributed by atoms with Crippen LogP contribution in [0.5, 0.6) is 0 Å². The Morgan fingerprint density at radius 3 is 2.68 bits per heavy atom. The van der Waals surface area contributed by atoms with E-state index in [0.29, 0.717) is 12.2 Å². The monoisotopic (exact) mass is 373 g/mol. The molecule has 0 spiro atoms. The Kier molecular flexibility index (Phi) is 3.88. The van der Waals surface area contributed by atoms with E-state index >= 15 is 0 Å². The molecule has 5 rings (SSSR count). The fourth-order valence-electron chi connectivity index (χ4n) is 4.52. The fourth-order valence-corrected chi connectivity index (χ4v) is 4.52. The van der Waals surface area contributed by atoms with E-state index in [4.69, 9.17) is 0 Å². The topological polar surface area (TPSA) is 56.4 Å². The lowest BCUT2D eigenvalue weighted by molar-refractivity contribution is -0.123. The Bertz CT molecular complexity index is 1110. The van der Waals surface area contributed by atoms with E-state index in [2.05, 4.69) is 28.1 Å². The zero-order valence-electron chi connectivity index (χ0n) is 16.2. The first-order valence-electron chi connectivity index (χ1n) is 9.79. The second-order valence-corrected chi connectivity index (χ2v) is 7.90. The van der Waals surface area contributed by atoms with E-state index in [0.717, 1.165) is 35.3 Å². The second-order valence-electron chi connectivity index (χ2n) is 7.90. The Balaban J connectivity index is 1.42. The highest BCUT2D eigenvalue weighted by Crippen LogP contribution is 2.32. The SMILES string of the molecule is Cc1ccc(N2C(=O)CC(N3CCc4c([nH]c5ccccc45)C3)C2=O)cc1C. The van der Waals surface area contributed by atoms with Crippen LogP contribution in [0.3, 0.4) is 0 Å². The van der Waals surface area contributed by atoms with Crippen LogP contribution in [0.1, 0.15) is 28.8 Å². The number of amides is 2. The largest absolute Gasteiger partial charge is 0.357 e. The number of H-pyrrole nitrogens is 1. The maximum atomic E-state index is 13.1. The number of hydrogen-bond acceptors (Lipinski definition) is 3. The van der Waals surface area contributed by atoms with E-state index < -0.39 is 0 Å². The molecule has 5 nitrogen and oxygen atoms in total. The van der Waals surface area contributed by atoms with Gasteiger partial charge in [-0.05, 0) is 55.2 Å². The van der Waals surface area contributed by atoms with Gasteiger partial charge in [-0.2, -0.15) is 0 Å². The molecule has 2 aliphatic rings. The number of rotatable bonds is 2. The summed E-state index contributed by atoms with van der Waals surface area (Å²) in [4.78, 5) is 32.9. The summed E-state index contributed by atoms with van der Waals surface area (Å²) in [6, 6.07) is 13.7. The van der Waals surface area contributed by atoms with Crippen LogP contribution in [0.25, 0.3) is 10.9 Å². The van der Waals surface area contributed by atoms with Crippen LogP contribution in [0, 0.1) is 13.8 Å². The predicted molar refractivity (Wildman–Crippen MR) is 109 cm³/mol. The first-order valence-corrected chi connectivity index (χ1v) is 9.79. The van der Waals surface area contributed by atoms with E-state index in [1.54, 1.807) is 0 Å². The van der Waals surface area contributed by atoms with Crippen LogP contribution in [0.15, 0.2) is 42.5 Å². The lowest BCUT2D eigenvalue weighted by Crippen LogP contribution is -2.44. The first kappa shape index (κ1) is 17.2. The smallest absolute Gasteiger partial charge is 0.251 e. The molecule has 3 aromatic rings. The summed E-state index contributed by atoms with van der Waals surface area (Å²) >= 11 is 0. The molecule has 2 amide bonds. The van der Waals surface area contributed by atoms with Gasteiger partial charge in [-0.3, -0.25) is 14.5 Å². The number of carbonyl (C=O) groups excluding carboxylic acids is 2. The summed E-state index contributed by atoms with van der Waals surface area (Å²) in [5, 5.41) is 1.27. The van der Waals surface area contributed by atoms with Crippen molar-refractivity contribution in [3.63, 3.8) is 0 Å². The average molecular weight is 373 g/mol. The van der Waals surface area contributed by atoms with Gasteiger partial charge in [-0.15, -0.1) is 0 Å². The molecule has 142 valence electrons. The van der Waals surface area contributed by atoms with E-state index in [1.807, 2.05) is 38.1 Å². The van der Waals surface area contributed by atoms with Crippen LogP contribution >= 0.6 is 0 Å². The number of hydrogen-bond donors (Lipinski definition) is 1. The van der Waals surface area contributed by atoms with Crippen molar-refractivity contribution >= 4 is 28.4 Å². The number of aromatic amines is 1. The molecule has 2 aromatic carbocycles. The summed E-state index contributed by atoms with van der Waals surface area (Å²) in [6.07, 6.45) is 1.14. The van der Waals surface area contributed by atoms with Crippen molar-refractivity contribution in [3.05, 3.63) is 64.8 Å². The molecule has 0 bridgehead atoms. The van der Waals surface area contributed by atoms with Crippen molar-refractivity contribution in [1.29, 1.82) is 0 Å². The quantitative estimate of drug-likeness (QED) is 0.700. The highest BCUT2D eigenvalue weighted by Gasteiger charge is 2.43. The average Bonchev–Trinajstić information content (AvgIpc) is 3.20. The van der Waals surface area contributed by atoms with Crippen LogP contribution in [-0.4, -0.2) is 34.3 Å². The molecule has 1 saturated heterocycles. The number of nitrogens with zero attached hydrogens (tertiary/aromatic N) is 2. The van der Waals surface area contributed by atoms with Gasteiger partial charge in [0.05, 0.1) is 18.2 Å². The molecule has 2 aliphatic heterocycles. The number of aryl methyl sites for hydroxylation is 2. The van der Waals surface area contributed by atoms with Crippen molar-refractivity contribution in [2.45, 2.75) is 39.3 Å².